The molecule has 0 spiro atoms. The van der Waals surface area contributed by atoms with Crippen molar-refractivity contribution < 1.29 is 13.2 Å². The number of benzene rings is 2. The molecule has 1 N–H and O–H groups in total. The number of sulfone groups is 1. The highest BCUT2D eigenvalue weighted by Crippen LogP contribution is 2.19. The van der Waals surface area contributed by atoms with Crippen LogP contribution in [-0.2, 0) is 14.6 Å². The second kappa shape index (κ2) is 5.57. The van der Waals surface area contributed by atoms with Crippen LogP contribution in [0.15, 0.2) is 60.0 Å². The Morgan fingerprint density at radius 2 is 1.73 bits per heavy atom. The standard InChI is InChI=1S/C14H12N4O3S/c19-14(17-18-9-15-16-10-18)8-22(20,21)13-6-5-11-3-1-2-4-12(11)7-13/h1-7,9-10H,8H2,(H,17,19). The van der Waals surface area contributed by atoms with Crippen LogP contribution in [-0.4, -0.2) is 35.0 Å². The van der Waals surface area contributed by atoms with Crippen molar-refractivity contribution >= 4 is 26.5 Å². The van der Waals surface area contributed by atoms with Crippen LogP contribution in [0.25, 0.3) is 10.8 Å². The van der Waals surface area contributed by atoms with Crippen LogP contribution >= 0.6 is 0 Å². The SMILES string of the molecule is O=C(CS(=O)(=O)c1ccc2ccccc2c1)Nn1cnnc1. The molecule has 0 aliphatic rings. The summed E-state index contributed by atoms with van der Waals surface area (Å²) in [6.45, 7) is 0. The molecule has 0 fully saturated rings. The van der Waals surface area contributed by atoms with Gasteiger partial charge in [0.15, 0.2) is 9.84 Å². The molecule has 7 nitrogen and oxygen atoms in total. The van der Waals surface area contributed by atoms with Gasteiger partial charge in [-0.1, -0.05) is 30.3 Å². The van der Waals surface area contributed by atoms with Crippen LogP contribution < -0.4 is 5.43 Å². The van der Waals surface area contributed by atoms with Crippen LogP contribution in [0.4, 0.5) is 0 Å². The van der Waals surface area contributed by atoms with Gasteiger partial charge in [0.05, 0.1) is 4.90 Å². The summed E-state index contributed by atoms with van der Waals surface area (Å²) in [5, 5.41) is 8.77. The maximum absolute atomic E-state index is 12.3. The highest BCUT2D eigenvalue weighted by atomic mass is 32.2. The summed E-state index contributed by atoms with van der Waals surface area (Å²) in [7, 11) is -3.72. The Kier molecular flexibility index (Phi) is 3.60. The molecule has 0 aliphatic heterocycles. The fourth-order valence-corrected chi connectivity index (χ4v) is 3.21. The van der Waals surface area contributed by atoms with Crippen molar-refractivity contribution in [2.24, 2.45) is 0 Å². The molecule has 0 radical (unpaired) electrons. The van der Waals surface area contributed by atoms with Gasteiger partial charge in [-0.25, -0.2) is 13.1 Å². The minimum atomic E-state index is -3.72. The molecule has 8 heteroatoms. The first-order chi connectivity index (χ1) is 10.5. The van der Waals surface area contributed by atoms with E-state index in [1.54, 1.807) is 12.1 Å². The molecule has 3 rings (SSSR count). The number of aromatic nitrogens is 3. The third kappa shape index (κ3) is 2.96. The molecule has 22 heavy (non-hydrogen) atoms. The molecular weight excluding hydrogens is 304 g/mol. The van der Waals surface area contributed by atoms with Gasteiger partial charge >= 0.3 is 0 Å². The highest BCUT2D eigenvalue weighted by molar-refractivity contribution is 7.92. The summed E-state index contributed by atoms with van der Waals surface area (Å²) in [6, 6.07) is 12.2. The molecule has 0 atom stereocenters. The zero-order valence-electron chi connectivity index (χ0n) is 11.4. The van der Waals surface area contributed by atoms with Gasteiger partial charge in [-0.3, -0.25) is 10.2 Å². The molecule has 1 aromatic heterocycles. The van der Waals surface area contributed by atoms with E-state index in [2.05, 4.69) is 15.6 Å². The van der Waals surface area contributed by atoms with Gasteiger partial charge in [0.25, 0.3) is 5.91 Å². The smallest absolute Gasteiger partial charge is 0.254 e. The van der Waals surface area contributed by atoms with E-state index in [1.807, 2.05) is 24.3 Å². The minimum absolute atomic E-state index is 0.116. The van der Waals surface area contributed by atoms with E-state index >= 15 is 0 Å². The van der Waals surface area contributed by atoms with E-state index in [0.29, 0.717) is 0 Å². The lowest BCUT2D eigenvalue weighted by Crippen LogP contribution is -2.28. The number of carbonyl (C=O) groups excluding carboxylic acids is 1. The van der Waals surface area contributed by atoms with Crippen molar-refractivity contribution in [1.29, 1.82) is 0 Å². The van der Waals surface area contributed by atoms with Gasteiger partial charge in [-0.2, -0.15) is 0 Å². The summed E-state index contributed by atoms with van der Waals surface area (Å²) >= 11 is 0. The third-order valence-electron chi connectivity index (χ3n) is 3.07. The molecule has 1 heterocycles. The van der Waals surface area contributed by atoms with Crippen molar-refractivity contribution in [2.75, 3.05) is 11.2 Å². The van der Waals surface area contributed by atoms with Crippen molar-refractivity contribution in [2.45, 2.75) is 4.90 Å². The molecular formula is C14H12N4O3S. The monoisotopic (exact) mass is 316 g/mol. The minimum Gasteiger partial charge on any atom is -0.272 e. The van der Waals surface area contributed by atoms with Crippen molar-refractivity contribution in [3.05, 3.63) is 55.1 Å². The summed E-state index contributed by atoms with van der Waals surface area (Å²) in [5.41, 5.74) is 2.36. The molecule has 0 aliphatic carbocycles. The van der Waals surface area contributed by atoms with E-state index in [9.17, 15) is 13.2 Å². The second-order valence-electron chi connectivity index (χ2n) is 4.67. The number of amides is 1. The largest absolute Gasteiger partial charge is 0.272 e. The van der Waals surface area contributed by atoms with Crippen molar-refractivity contribution in [3.63, 3.8) is 0 Å². The second-order valence-corrected chi connectivity index (χ2v) is 6.66. The van der Waals surface area contributed by atoms with Crippen LogP contribution in [0.3, 0.4) is 0 Å². The maximum atomic E-state index is 12.3. The molecule has 0 bridgehead atoms. The van der Waals surface area contributed by atoms with Gasteiger partial charge in [-0.05, 0) is 22.9 Å². The number of fused-ring (bicyclic) bond motifs is 1. The molecule has 0 unspecified atom stereocenters. The lowest BCUT2D eigenvalue weighted by molar-refractivity contribution is -0.114. The first-order valence-corrected chi connectivity index (χ1v) is 8.06. The molecule has 0 saturated heterocycles. The number of rotatable bonds is 4. The van der Waals surface area contributed by atoms with Crippen LogP contribution in [0, 0.1) is 0 Å². The summed E-state index contributed by atoms with van der Waals surface area (Å²) < 4.78 is 25.8. The lowest BCUT2D eigenvalue weighted by atomic mass is 10.1. The molecule has 2 aromatic carbocycles. The zero-order valence-corrected chi connectivity index (χ0v) is 12.2. The average molecular weight is 316 g/mol. The predicted octanol–water partition coefficient (Wildman–Crippen LogP) is 0.975. The number of nitrogens with zero attached hydrogens (tertiary/aromatic N) is 3. The quantitative estimate of drug-likeness (QED) is 0.774. The predicted molar refractivity (Wildman–Crippen MR) is 80.4 cm³/mol. The van der Waals surface area contributed by atoms with Gasteiger partial charge in [0, 0.05) is 0 Å². The highest BCUT2D eigenvalue weighted by Gasteiger charge is 2.19. The van der Waals surface area contributed by atoms with E-state index < -0.39 is 21.5 Å². The Morgan fingerprint density at radius 1 is 1.05 bits per heavy atom. The number of carbonyl (C=O) groups is 1. The third-order valence-corrected chi connectivity index (χ3v) is 4.69. The fourth-order valence-electron chi connectivity index (χ4n) is 2.05. The zero-order chi connectivity index (χ0) is 15.6. The number of hydrogen-bond donors (Lipinski definition) is 1. The van der Waals surface area contributed by atoms with Crippen molar-refractivity contribution in [1.82, 2.24) is 14.9 Å². The topological polar surface area (TPSA) is 94.0 Å². The molecule has 1 amide bonds. The Labute approximate surface area is 126 Å². The lowest BCUT2D eigenvalue weighted by Gasteiger charge is -2.07. The van der Waals surface area contributed by atoms with E-state index in [-0.39, 0.29) is 4.90 Å². The Morgan fingerprint density at radius 3 is 2.45 bits per heavy atom. The normalized spacial score (nSPS) is 11.5. The summed E-state index contributed by atoms with van der Waals surface area (Å²) in [4.78, 5) is 11.9. The summed E-state index contributed by atoms with van der Waals surface area (Å²) in [5.74, 6) is -1.31. The van der Waals surface area contributed by atoms with Crippen LogP contribution in [0.2, 0.25) is 0 Å². The van der Waals surface area contributed by atoms with Crippen LogP contribution in [0.1, 0.15) is 0 Å². The first-order valence-electron chi connectivity index (χ1n) is 6.41. The summed E-state index contributed by atoms with van der Waals surface area (Å²) in [6.07, 6.45) is 2.53. The molecule has 112 valence electrons. The fraction of sp³-hybridized carbons (Fsp3) is 0.0714. The molecule has 3 aromatic rings. The first kappa shape index (κ1) is 14.2. The Bertz CT molecular complexity index is 920. The van der Waals surface area contributed by atoms with E-state index in [4.69, 9.17) is 0 Å². The van der Waals surface area contributed by atoms with E-state index in [0.717, 1.165) is 10.8 Å². The average Bonchev–Trinajstić information content (AvgIpc) is 2.99. The van der Waals surface area contributed by atoms with Crippen LogP contribution in [0.5, 0.6) is 0 Å². The van der Waals surface area contributed by atoms with Crippen molar-refractivity contribution in [3.8, 4) is 0 Å². The van der Waals surface area contributed by atoms with Gasteiger partial charge < -0.3 is 0 Å². The number of hydrogen-bond acceptors (Lipinski definition) is 5. The Hall–Kier alpha value is -2.74. The van der Waals surface area contributed by atoms with Gasteiger partial charge in [0.2, 0.25) is 0 Å². The maximum Gasteiger partial charge on any atom is 0.254 e. The van der Waals surface area contributed by atoms with Gasteiger partial charge in [-0.15, -0.1) is 10.2 Å². The Balaban J connectivity index is 1.83. The molecule has 0 saturated carbocycles. The number of nitrogens with one attached hydrogen (secondary N) is 1. The van der Waals surface area contributed by atoms with Gasteiger partial charge in [0.1, 0.15) is 18.4 Å². The van der Waals surface area contributed by atoms with E-state index in [1.165, 1.54) is 23.4 Å².